The Morgan fingerprint density at radius 2 is 2.19 bits per heavy atom. The van der Waals surface area contributed by atoms with Gasteiger partial charge < -0.3 is 10.0 Å². The quantitative estimate of drug-likeness (QED) is 0.785. The Kier molecular flexibility index (Phi) is 5.81. The van der Waals surface area contributed by atoms with Crippen molar-refractivity contribution in [2.75, 3.05) is 13.1 Å². The highest BCUT2D eigenvalue weighted by Gasteiger charge is 2.19. The second-order valence-corrected chi connectivity index (χ2v) is 5.02. The second kappa shape index (κ2) is 6.89. The third kappa shape index (κ3) is 4.52. The van der Waals surface area contributed by atoms with E-state index in [1.807, 2.05) is 0 Å². The zero-order valence-electron chi connectivity index (χ0n) is 10.6. The van der Waals surface area contributed by atoms with Gasteiger partial charge in [-0.3, -0.25) is 4.79 Å². The average Bonchev–Trinajstić information content (AvgIpc) is 2.50. The van der Waals surface area contributed by atoms with Crippen LogP contribution in [-0.2, 0) is 4.79 Å². The molecule has 0 saturated carbocycles. The molecule has 0 aliphatic carbocycles. The van der Waals surface area contributed by atoms with E-state index >= 15 is 0 Å². The van der Waals surface area contributed by atoms with Gasteiger partial charge in [0.1, 0.15) is 0 Å². The summed E-state index contributed by atoms with van der Waals surface area (Å²) >= 11 is 0. The Balaban J connectivity index is 2.32. The molecular formula is C13H25NO2. The first-order valence-corrected chi connectivity index (χ1v) is 6.59. The standard InChI is InChI=1S/C13H25NO2/c1-3-12-5-4-9-14(10-8-12)11(2)6-7-13(15)16/h11-12H,3-10H2,1-2H3,(H,15,16). The van der Waals surface area contributed by atoms with Crippen molar-refractivity contribution in [3.63, 3.8) is 0 Å². The highest BCUT2D eigenvalue weighted by atomic mass is 16.4. The van der Waals surface area contributed by atoms with Gasteiger partial charge in [0, 0.05) is 12.5 Å². The molecule has 0 spiro atoms. The zero-order chi connectivity index (χ0) is 12.0. The fraction of sp³-hybridized carbons (Fsp3) is 0.923. The number of aliphatic carboxylic acids is 1. The molecular weight excluding hydrogens is 202 g/mol. The van der Waals surface area contributed by atoms with Crippen molar-refractivity contribution in [2.24, 2.45) is 5.92 Å². The van der Waals surface area contributed by atoms with E-state index in [9.17, 15) is 4.79 Å². The van der Waals surface area contributed by atoms with Crippen LogP contribution in [0.1, 0.15) is 52.4 Å². The predicted molar refractivity (Wildman–Crippen MR) is 65.5 cm³/mol. The average molecular weight is 227 g/mol. The summed E-state index contributed by atoms with van der Waals surface area (Å²) in [6, 6.07) is 0.423. The summed E-state index contributed by atoms with van der Waals surface area (Å²) in [6.07, 6.45) is 6.28. The highest BCUT2D eigenvalue weighted by Crippen LogP contribution is 2.22. The van der Waals surface area contributed by atoms with Crippen molar-refractivity contribution in [1.29, 1.82) is 0 Å². The van der Waals surface area contributed by atoms with Crippen LogP contribution in [0.15, 0.2) is 0 Å². The lowest BCUT2D eigenvalue weighted by Gasteiger charge is -2.27. The van der Waals surface area contributed by atoms with E-state index in [1.54, 1.807) is 0 Å². The van der Waals surface area contributed by atoms with E-state index in [-0.39, 0.29) is 0 Å². The van der Waals surface area contributed by atoms with Crippen LogP contribution in [0.2, 0.25) is 0 Å². The molecule has 0 radical (unpaired) electrons. The minimum atomic E-state index is -0.673. The summed E-state index contributed by atoms with van der Waals surface area (Å²) in [4.78, 5) is 13.0. The molecule has 1 fully saturated rings. The Hall–Kier alpha value is -0.570. The van der Waals surface area contributed by atoms with Crippen LogP contribution >= 0.6 is 0 Å². The molecule has 0 aromatic heterocycles. The predicted octanol–water partition coefficient (Wildman–Crippen LogP) is 2.75. The molecule has 1 aliphatic rings. The van der Waals surface area contributed by atoms with E-state index in [4.69, 9.17) is 5.11 Å². The topological polar surface area (TPSA) is 40.5 Å². The largest absolute Gasteiger partial charge is 0.481 e. The van der Waals surface area contributed by atoms with Crippen LogP contribution in [0.5, 0.6) is 0 Å². The smallest absolute Gasteiger partial charge is 0.303 e. The summed E-state index contributed by atoms with van der Waals surface area (Å²) in [5.41, 5.74) is 0. The Bertz CT molecular complexity index is 218. The van der Waals surface area contributed by atoms with Crippen molar-refractivity contribution >= 4 is 5.97 Å². The molecule has 1 rings (SSSR count). The normalized spacial score (nSPS) is 25.0. The number of hydrogen-bond donors (Lipinski definition) is 1. The fourth-order valence-corrected chi connectivity index (χ4v) is 2.55. The lowest BCUT2D eigenvalue weighted by Crippen LogP contribution is -2.34. The molecule has 0 bridgehead atoms. The first-order valence-electron chi connectivity index (χ1n) is 6.59. The van der Waals surface area contributed by atoms with Crippen molar-refractivity contribution in [2.45, 2.75) is 58.4 Å². The fourth-order valence-electron chi connectivity index (χ4n) is 2.55. The van der Waals surface area contributed by atoms with Gasteiger partial charge in [-0.2, -0.15) is 0 Å². The molecule has 2 atom stereocenters. The number of likely N-dealkylation sites (tertiary alicyclic amines) is 1. The molecule has 1 aliphatic heterocycles. The second-order valence-electron chi connectivity index (χ2n) is 5.02. The van der Waals surface area contributed by atoms with E-state index in [0.29, 0.717) is 12.5 Å². The van der Waals surface area contributed by atoms with E-state index < -0.39 is 5.97 Å². The van der Waals surface area contributed by atoms with E-state index in [1.165, 1.54) is 25.7 Å². The lowest BCUT2D eigenvalue weighted by molar-refractivity contribution is -0.137. The van der Waals surface area contributed by atoms with Crippen LogP contribution < -0.4 is 0 Å². The van der Waals surface area contributed by atoms with Gasteiger partial charge >= 0.3 is 5.97 Å². The molecule has 94 valence electrons. The van der Waals surface area contributed by atoms with Crippen molar-refractivity contribution in [3.05, 3.63) is 0 Å². The molecule has 0 aromatic carbocycles. The van der Waals surface area contributed by atoms with Gasteiger partial charge in [-0.1, -0.05) is 13.3 Å². The monoisotopic (exact) mass is 227 g/mol. The molecule has 3 nitrogen and oxygen atoms in total. The number of nitrogens with zero attached hydrogens (tertiary/aromatic N) is 1. The van der Waals surface area contributed by atoms with Gasteiger partial charge in [-0.15, -0.1) is 0 Å². The number of carboxylic acids is 1. The maximum absolute atomic E-state index is 10.5. The zero-order valence-corrected chi connectivity index (χ0v) is 10.6. The third-order valence-corrected chi connectivity index (χ3v) is 3.86. The van der Waals surface area contributed by atoms with Gasteiger partial charge in [0.05, 0.1) is 0 Å². The molecule has 1 saturated heterocycles. The molecule has 0 aromatic rings. The highest BCUT2D eigenvalue weighted by molar-refractivity contribution is 5.66. The molecule has 16 heavy (non-hydrogen) atoms. The van der Waals surface area contributed by atoms with Crippen molar-refractivity contribution in [3.8, 4) is 0 Å². The molecule has 1 heterocycles. The molecule has 2 unspecified atom stereocenters. The van der Waals surface area contributed by atoms with Crippen LogP contribution in [-0.4, -0.2) is 35.1 Å². The van der Waals surface area contributed by atoms with Crippen LogP contribution in [0.25, 0.3) is 0 Å². The van der Waals surface area contributed by atoms with Gasteiger partial charge in [0.2, 0.25) is 0 Å². The maximum atomic E-state index is 10.5. The number of rotatable bonds is 5. The van der Waals surface area contributed by atoms with E-state index in [2.05, 4.69) is 18.7 Å². The minimum absolute atomic E-state index is 0.300. The number of hydrogen-bond acceptors (Lipinski definition) is 2. The third-order valence-electron chi connectivity index (χ3n) is 3.86. The van der Waals surface area contributed by atoms with Gasteiger partial charge in [0.15, 0.2) is 0 Å². The summed E-state index contributed by atoms with van der Waals surface area (Å²) in [6.45, 7) is 6.74. The van der Waals surface area contributed by atoms with E-state index in [0.717, 1.165) is 25.4 Å². The molecule has 1 N–H and O–H groups in total. The maximum Gasteiger partial charge on any atom is 0.303 e. The van der Waals surface area contributed by atoms with Crippen molar-refractivity contribution in [1.82, 2.24) is 4.90 Å². The van der Waals surface area contributed by atoms with Crippen LogP contribution in [0.3, 0.4) is 0 Å². The lowest BCUT2D eigenvalue weighted by atomic mass is 9.98. The van der Waals surface area contributed by atoms with Gasteiger partial charge in [-0.25, -0.2) is 0 Å². The van der Waals surface area contributed by atoms with Crippen LogP contribution in [0.4, 0.5) is 0 Å². The van der Waals surface area contributed by atoms with Crippen LogP contribution in [0, 0.1) is 5.92 Å². The summed E-state index contributed by atoms with van der Waals surface area (Å²) in [7, 11) is 0. The van der Waals surface area contributed by atoms with Crippen molar-refractivity contribution < 1.29 is 9.90 Å². The molecule has 0 amide bonds. The Morgan fingerprint density at radius 3 is 2.81 bits per heavy atom. The summed E-state index contributed by atoms with van der Waals surface area (Å²) in [5, 5.41) is 8.68. The molecule has 3 heteroatoms. The minimum Gasteiger partial charge on any atom is -0.481 e. The number of carbonyl (C=O) groups is 1. The summed E-state index contributed by atoms with van der Waals surface area (Å²) < 4.78 is 0. The Morgan fingerprint density at radius 1 is 1.44 bits per heavy atom. The SMILES string of the molecule is CCC1CCCN(C(C)CCC(=O)O)CC1. The Labute approximate surface area is 98.8 Å². The first-order chi connectivity index (χ1) is 7.63. The van der Waals surface area contributed by atoms with Gasteiger partial charge in [0.25, 0.3) is 0 Å². The number of carboxylic acid groups (broad SMARTS) is 1. The first kappa shape index (κ1) is 13.5. The summed E-state index contributed by atoms with van der Waals surface area (Å²) in [5.74, 6) is 0.213. The van der Waals surface area contributed by atoms with Gasteiger partial charge in [-0.05, 0) is 51.6 Å².